The van der Waals surface area contributed by atoms with E-state index in [1.807, 2.05) is 11.7 Å². The molecule has 0 aromatic carbocycles. The van der Waals surface area contributed by atoms with Crippen LogP contribution in [0.3, 0.4) is 0 Å². The van der Waals surface area contributed by atoms with Gasteiger partial charge in [-0.2, -0.15) is 4.98 Å². The number of aromatic nitrogens is 3. The minimum absolute atomic E-state index is 0.512. The zero-order valence-corrected chi connectivity index (χ0v) is 11.2. The normalized spacial score (nSPS) is 16.1. The zero-order chi connectivity index (χ0) is 12.4. The summed E-state index contributed by atoms with van der Waals surface area (Å²) in [6, 6.07) is 0. The summed E-state index contributed by atoms with van der Waals surface area (Å²) in [5, 5.41) is 4.05. The van der Waals surface area contributed by atoms with E-state index in [4.69, 9.17) is 4.52 Å². The lowest BCUT2D eigenvalue weighted by molar-refractivity contribution is 0.282. The van der Waals surface area contributed by atoms with Crippen molar-refractivity contribution < 1.29 is 4.52 Å². The van der Waals surface area contributed by atoms with Crippen molar-refractivity contribution in [2.45, 2.75) is 38.3 Å². The van der Waals surface area contributed by atoms with Gasteiger partial charge < -0.3 is 4.52 Å². The van der Waals surface area contributed by atoms with Crippen LogP contribution < -0.4 is 0 Å². The smallest absolute Gasteiger partial charge is 0.229 e. The summed E-state index contributed by atoms with van der Waals surface area (Å²) in [6.07, 6.45) is 5.57. The third-order valence-corrected chi connectivity index (χ3v) is 4.02. The summed E-state index contributed by atoms with van der Waals surface area (Å²) in [4.78, 5) is 12.0. The summed E-state index contributed by atoms with van der Waals surface area (Å²) < 4.78 is 5.31. The lowest BCUT2D eigenvalue weighted by Crippen LogP contribution is -2.17. The monoisotopic (exact) mass is 264 g/mol. The summed E-state index contributed by atoms with van der Waals surface area (Å²) in [5.74, 6) is 2.12. The van der Waals surface area contributed by atoms with Crippen LogP contribution in [0.2, 0.25) is 0 Å². The Balaban J connectivity index is 1.56. The Morgan fingerprint density at radius 1 is 1.44 bits per heavy atom. The van der Waals surface area contributed by atoms with Gasteiger partial charge in [0.2, 0.25) is 5.89 Å². The van der Waals surface area contributed by atoms with Crippen LogP contribution in [-0.4, -0.2) is 27.1 Å². The molecule has 5 nitrogen and oxygen atoms in total. The minimum Gasteiger partial charge on any atom is -0.339 e. The molecule has 0 spiro atoms. The molecule has 1 aliphatic carbocycles. The predicted molar refractivity (Wildman–Crippen MR) is 68.2 cm³/mol. The maximum Gasteiger partial charge on any atom is 0.229 e. The number of rotatable bonds is 5. The van der Waals surface area contributed by atoms with Crippen LogP contribution in [0.15, 0.2) is 16.2 Å². The molecule has 0 N–H and O–H groups in total. The van der Waals surface area contributed by atoms with Gasteiger partial charge in [0.25, 0.3) is 0 Å². The van der Waals surface area contributed by atoms with Crippen molar-refractivity contribution in [3.63, 3.8) is 0 Å². The number of nitrogens with zero attached hydrogens (tertiary/aromatic N) is 4. The molecular formula is C12H16N4OS. The Labute approximate surface area is 110 Å². The lowest BCUT2D eigenvalue weighted by atomic mass is 9.85. The van der Waals surface area contributed by atoms with E-state index < -0.39 is 0 Å². The molecule has 0 atom stereocenters. The standard InChI is InChI=1S/C12H16N4OS/c1-16(6-10-5-13-8-18-10)7-11-14-12(17-15-11)9-3-2-4-9/h5,8-9H,2-4,6-7H2,1H3. The predicted octanol–water partition coefficient (Wildman–Crippen LogP) is 2.43. The Morgan fingerprint density at radius 3 is 3.00 bits per heavy atom. The summed E-state index contributed by atoms with van der Waals surface area (Å²) in [6.45, 7) is 1.59. The molecule has 2 aromatic rings. The van der Waals surface area contributed by atoms with Crippen LogP contribution in [0, 0.1) is 0 Å². The first-order valence-corrected chi connectivity index (χ1v) is 7.07. The molecule has 1 fully saturated rings. The van der Waals surface area contributed by atoms with Crippen molar-refractivity contribution in [2.75, 3.05) is 7.05 Å². The third-order valence-electron chi connectivity index (χ3n) is 3.26. The van der Waals surface area contributed by atoms with E-state index in [2.05, 4.69) is 27.1 Å². The Hall–Kier alpha value is -1.27. The number of hydrogen-bond acceptors (Lipinski definition) is 6. The summed E-state index contributed by atoms with van der Waals surface area (Å²) in [5.41, 5.74) is 1.85. The van der Waals surface area contributed by atoms with E-state index in [1.54, 1.807) is 11.3 Å². The quantitative estimate of drug-likeness (QED) is 0.830. The highest BCUT2D eigenvalue weighted by molar-refractivity contribution is 7.09. The minimum atomic E-state index is 0.512. The molecule has 3 rings (SSSR count). The van der Waals surface area contributed by atoms with Crippen molar-refractivity contribution >= 4 is 11.3 Å². The van der Waals surface area contributed by atoms with Crippen molar-refractivity contribution in [3.8, 4) is 0 Å². The fraction of sp³-hybridized carbons (Fsp3) is 0.583. The summed E-state index contributed by atoms with van der Waals surface area (Å²) in [7, 11) is 2.05. The van der Waals surface area contributed by atoms with Crippen LogP contribution in [0.4, 0.5) is 0 Å². The van der Waals surface area contributed by atoms with Gasteiger partial charge in [-0.25, -0.2) is 0 Å². The molecule has 2 heterocycles. The van der Waals surface area contributed by atoms with Crippen LogP contribution in [0.5, 0.6) is 0 Å². The SMILES string of the molecule is CN(Cc1noc(C2CCC2)n1)Cc1cncs1. The molecule has 0 amide bonds. The molecule has 0 aliphatic heterocycles. The number of hydrogen-bond donors (Lipinski definition) is 0. The van der Waals surface area contributed by atoms with Crippen molar-refractivity contribution in [2.24, 2.45) is 0 Å². The highest BCUT2D eigenvalue weighted by atomic mass is 32.1. The average Bonchev–Trinajstić information content (AvgIpc) is 2.88. The van der Waals surface area contributed by atoms with E-state index in [-0.39, 0.29) is 0 Å². The van der Waals surface area contributed by atoms with Gasteiger partial charge in [0, 0.05) is 23.5 Å². The second kappa shape index (κ2) is 5.16. The molecule has 18 heavy (non-hydrogen) atoms. The highest BCUT2D eigenvalue weighted by Gasteiger charge is 2.25. The van der Waals surface area contributed by atoms with Gasteiger partial charge in [-0.3, -0.25) is 9.88 Å². The van der Waals surface area contributed by atoms with E-state index in [1.165, 1.54) is 24.1 Å². The highest BCUT2D eigenvalue weighted by Crippen LogP contribution is 2.35. The van der Waals surface area contributed by atoms with Crippen molar-refractivity contribution in [1.29, 1.82) is 0 Å². The first-order chi connectivity index (χ1) is 8.81. The van der Waals surface area contributed by atoms with Crippen LogP contribution in [0.1, 0.15) is 41.8 Å². The van der Waals surface area contributed by atoms with Gasteiger partial charge in [-0.05, 0) is 19.9 Å². The first-order valence-electron chi connectivity index (χ1n) is 6.19. The molecule has 2 aromatic heterocycles. The fourth-order valence-electron chi connectivity index (χ4n) is 2.04. The second-order valence-corrected chi connectivity index (χ2v) is 5.79. The molecule has 0 radical (unpaired) electrons. The van der Waals surface area contributed by atoms with Crippen molar-refractivity contribution in [3.05, 3.63) is 28.3 Å². The number of thiazole rings is 1. The van der Waals surface area contributed by atoms with Gasteiger partial charge in [-0.15, -0.1) is 11.3 Å². The van der Waals surface area contributed by atoms with Crippen LogP contribution >= 0.6 is 11.3 Å². The maximum atomic E-state index is 5.31. The third kappa shape index (κ3) is 2.59. The Morgan fingerprint density at radius 2 is 2.33 bits per heavy atom. The Kier molecular flexibility index (Phi) is 3.38. The topological polar surface area (TPSA) is 55.1 Å². The molecule has 1 aliphatic rings. The van der Waals surface area contributed by atoms with E-state index >= 15 is 0 Å². The molecule has 1 saturated carbocycles. The lowest BCUT2D eigenvalue weighted by Gasteiger charge is -2.20. The van der Waals surface area contributed by atoms with Gasteiger partial charge in [0.1, 0.15) is 0 Å². The largest absolute Gasteiger partial charge is 0.339 e. The van der Waals surface area contributed by atoms with Gasteiger partial charge >= 0.3 is 0 Å². The van der Waals surface area contributed by atoms with E-state index in [0.29, 0.717) is 12.5 Å². The van der Waals surface area contributed by atoms with Gasteiger partial charge in [0.05, 0.1) is 12.1 Å². The van der Waals surface area contributed by atoms with Gasteiger partial charge in [0.15, 0.2) is 5.82 Å². The van der Waals surface area contributed by atoms with E-state index in [0.717, 1.165) is 18.3 Å². The fourth-order valence-corrected chi connectivity index (χ4v) is 2.71. The zero-order valence-electron chi connectivity index (χ0n) is 10.4. The molecule has 0 unspecified atom stereocenters. The van der Waals surface area contributed by atoms with Gasteiger partial charge in [-0.1, -0.05) is 11.6 Å². The maximum absolute atomic E-state index is 5.31. The second-order valence-electron chi connectivity index (χ2n) is 4.82. The molecule has 0 bridgehead atoms. The average molecular weight is 264 g/mol. The van der Waals surface area contributed by atoms with E-state index in [9.17, 15) is 0 Å². The molecule has 96 valence electrons. The molecular weight excluding hydrogens is 248 g/mol. The van der Waals surface area contributed by atoms with Crippen LogP contribution in [0.25, 0.3) is 0 Å². The first kappa shape index (κ1) is 11.8. The Bertz CT molecular complexity index is 492. The summed E-state index contributed by atoms with van der Waals surface area (Å²) >= 11 is 1.67. The molecule has 6 heteroatoms. The molecule has 0 saturated heterocycles. The van der Waals surface area contributed by atoms with Crippen LogP contribution in [-0.2, 0) is 13.1 Å². The van der Waals surface area contributed by atoms with Crippen molar-refractivity contribution in [1.82, 2.24) is 20.0 Å².